The zero-order chi connectivity index (χ0) is 18.0. The smallest absolute Gasteiger partial charge is 0.270 e. The van der Waals surface area contributed by atoms with Crippen molar-refractivity contribution in [2.24, 2.45) is 0 Å². The molecule has 1 heterocycles. The Kier molecular flexibility index (Phi) is 5.04. The van der Waals surface area contributed by atoms with Gasteiger partial charge in [-0.3, -0.25) is 9.78 Å². The Morgan fingerprint density at radius 1 is 1.12 bits per heavy atom. The molecule has 128 valence electrons. The maximum Gasteiger partial charge on any atom is 0.270 e. The molecule has 0 aliphatic heterocycles. The van der Waals surface area contributed by atoms with Crippen molar-refractivity contribution >= 4 is 38.3 Å². The molecule has 0 unspecified atom stereocenters. The van der Waals surface area contributed by atoms with E-state index in [4.69, 9.17) is 0 Å². The molecule has 0 aliphatic rings. The normalized spacial score (nSPS) is 10.7. The van der Waals surface area contributed by atoms with E-state index in [1.54, 1.807) is 6.20 Å². The Morgan fingerprint density at radius 2 is 1.84 bits per heavy atom. The van der Waals surface area contributed by atoms with Gasteiger partial charge in [-0.15, -0.1) is 0 Å². The third-order valence-electron chi connectivity index (χ3n) is 4.20. The second-order valence-corrected chi connectivity index (χ2v) is 7.04. The average molecular weight is 398 g/mol. The molecule has 0 radical (unpaired) electrons. The van der Waals surface area contributed by atoms with E-state index in [1.165, 1.54) is 0 Å². The summed E-state index contributed by atoms with van der Waals surface area (Å²) in [7, 11) is 4.01. The molecule has 5 heteroatoms. The van der Waals surface area contributed by atoms with Gasteiger partial charge in [0.25, 0.3) is 5.91 Å². The fraction of sp³-hybridized carbons (Fsp3) is 0.200. The minimum absolute atomic E-state index is 0.163. The Labute approximate surface area is 156 Å². The van der Waals surface area contributed by atoms with Crippen molar-refractivity contribution in [3.63, 3.8) is 0 Å². The van der Waals surface area contributed by atoms with Crippen LogP contribution in [0, 0.1) is 6.92 Å². The van der Waals surface area contributed by atoms with Crippen molar-refractivity contribution < 1.29 is 4.79 Å². The Hall–Kier alpha value is -2.40. The first-order valence-electron chi connectivity index (χ1n) is 8.05. The van der Waals surface area contributed by atoms with Gasteiger partial charge in [0.05, 0.1) is 0 Å². The maximum atomic E-state index is 12.7. The van der Waals surface area contributed by atoms with E-state index in [1.807, 2.05) is 68.4 Å². The van der Waals surface area contributed by atoms with Crippen LogP contribution >= 0.6 is 15.9 Å². The average Bonchev–Trinajstić information content (AvgIpc) is 2.62. The fourth-order valence-corrected chi connectivity index (χ4v) is 3.24. The summed E-state index contributed by atoms with van der Waals surface area (Å²) >= 11 is 3.54. The first-order valence-corrected chi connectivity index (χ1v) is 8.85. The van der Waals surface area contributed by atoms with Crippen LogP contribution in [0.1, 0.15) is 21.6 Å². The topological polar surface area (TPSA) is 45.2 Å². The largest absolute Gasteiger partial charge is 0.378 e. The summed E-state index contributed by atoms with van der Waals surface area (Å²) in [5.74, 6) is -0.163. The molecule has 0 aliphatic carbocycles. The number of rotatable bonds is 4. The van der Waals surface area contributed by atoms with Crippen molar-refractivity contribution in [3.8, 4) is 0 Å². The molecule has 3 aromatic rings. The first kappa shape index (κ1) is 17.4. The standard InChI is InChI=1S/C20H20BrN3O/c1-13-4-9-17(21)16-10-11-22-19(18(13)16)20(25)23-12-14-5-7-15(8-6-14)24(2)3/h4-11H,12H2,1-3H3,(H,23,25). The molecule has 25 heavy (non-hydrogen) atoms. The molecule has 0 saturated heterocycles. The van der Waals surface area contributed by atoms with Crippen LogP contribution in [0.5, 0.6) is 0 Å². The summed E-state index contributed by atoms with van der Waals surface area (Å²) in [4.78, 5) is 19.0. The molecule has 1 N–H and O–H groups in total. The van der Waals surface area contributed by atoms with Gasteiger partial charge < -0.3 is 10.2 Å². The lowest BCUT2D eigenvalue weighted by Crippen LogP contribution is -2.24. The fourth-order valence-electron chi connectivity index (χ4n) is 2.78. The van der Waals surface area contributed by atoms with Crippen LogP contribution in [0.15, 0.2) is 53.1 Å². The summed E-state index contributed by atoms with van der Waals surface area (Å²) in [5.41, 5.74) is 3.68. The number of amides is 1. The minimum Gasteiger partial charge on any atom is -0.378 e. The number of fused-ring (bicyclic) bond motifs is 1. The maximum absolute atomic E-state index is 12.7. The number of aromatic nitrogens is 1. The van der Waals surface area contributed by atoms with Gasteiger partial charge in [-0.05, 0) is 42.3 Å². The monoisotopic (exact) mass is 397 g/mol. The Balaban J connectivity index is 1.82. The number of hydrogen-bond donors (Lipinski definition) is 1. The highest BCUT2D eigenvalue weighted by Gasteiger charge is 2.14. The number of nitrogens with zero attached hydrogens (tertiary/aromatic N) is 2. The van der Waals surface area contributed by atoms with E-state index >= 15 is 0 Å². The SMILES string of the molecule is Cc1ccc(Br)c2ccnc(C(=O)NCc3ccc(N(C)C)cc3)c12. The molecule has 0 atom stereocenters. The second-order valence-electron chi connectivity index (χ2n) is 6.19. The summed E-state index contributed by atoms with van der Waals surface area (Å²) < 4.78 is 0.962. The predicted octanol–water partition coefficient (Wildman–Crippen LogP) is 4.30. The van der Waals surface area contributed by atoms with E-state index in [9.17, 15) is 4.79 Å². The Morgan fingerprint density at radius 3 is 2.52 bits per heavy atom. The van der Waals surface area contributed by atoms with E-state index in [0.717, 1.165) is 32.1 Å². The van der Waals surface area contributed by atoms with Crippen LogP contribution in [0.25, 0.3) is 10.8 Å². The molecule has 0 saturated carbocycles. The van der Waals surface area contributed by atoms with Crippen molar-refractivity contribution in [2.75, 3.05) is 19.0 Å². The van der Waals surface area contributed by atoms with Gasteiger partial charge >= 0.3 is 0 Å². The van der Waals surface area contributed by atoms with Crippen LogP contribution < -0.4 is 10.2 Å². The van der Waals surface area contributed by atoms with E-state index < -0.39 is 0 Å². The zero-order valence-corrected chi connectivity index (χ0v) is 16.1. The highest BCUT2D eigenvalue weighted by atomic mass is 79.9. The lowest BCUT2D eigenvalue weighted by atomic mass is 10.0. The van der Waals surface area contributed by atoms with Crippen LogP contribution in [-0.2, 0) is 6.54 Å². The van der Waals surface area contributed by atoms with Crippen molar-refractivity contribution in [3.05, 3.63) is 70.0 Å². The summed E-state index contributed by atoms with van der Waals surface area (Å²) in [6.07, 6.45) is 1.67. The van der Waals surface area contributed by atoms with Crippen molar-refractivity contribution in [2.45, 2.75) is 13.5 Å². The molecule has 0 bridgehead atoms. The van der Waals surface area contributed by atoms with Crippen LogP contribution in [0.4, 0.5) is 5.69 Å². The third kappa shape index (κ3) is 3.66. The second kappa shape index (κ2) is 7.23. The van der Waals surface area contributed by atoms with Gasteiger partial charge in [-0.2, -0.15) is 0 Å². The van der Waals surface area contributed by atoms with E-state index in [2.05, 4.69) is 26.2 Å². The van der Waals surface area contributed by atoms with Crippen LogP contribution in [-0.4, -0.2) is 25.0 Å². The highest BCUT2D eigenvalue weighted by Crippen LogP contribution is 2.28. The summed E-state index contributed by atoms with van der Waals surface area (Å²) in [6, 6.07) is 14.0. The van der Waals surface area contributed by atoms with E-state index in [-0.39, 0.29) is 5.91 Å². The lowest BCUT2D eigenvalue weighted by molar-refractivity contribution is 0.0947. The van der Waals surface area contributed by atoms with Gasteiger partial charge in [0.1, 0.15) is 5.69 Å². The van der Waals surface area contributed by atoms with Crippen molar-refractivity contribution in [1.29, 1.82) is 0 Å². The molecule has 1 aromatic heterocycles. The number of carbonyl (C=O) groups excluding carboxylic acids is 1. The van der Waals surface area contributed by atoms with Crippen LogP contribution in [0.2, 0.25) is 0 Å². The molecular weight excluding hydrogens is 378 g/mol. The van der Waals surface area contributed by atoms with Gasteiger partial charge in [0, 0.05) is 47.8 Å². The first-order chi connectivity index (χ1) is 12.0. The minimum atomic E-state index is -0.163. The Bertz CT molecular complexity index is 920. The number of halogens is 1. The number of carbonyl (C=O) groups is 1. The number of pyridine rings is 1. The number of hydrogen-bond acceptors (Lipinski definition) is 3. The van der Waals surface area contributed by atoms with Crippen LogP contribution in [0.3, 0.4) is 0 Å². The van der Waals surface area contributed by atoms with E-state index in [0.29, 0.717) is 12.2 Å². The quantitative estimate of drug-likeness (QED) is 0.713. The van der Waals surface area contributed by atoms with Gasteiger partial charge in [0.2, 0.25) is 0 Å². The van der Waals surface area contributed by atoms with Gasteiger partial charge in [-0.25, -0.2) is 0 Å². The summed E-state index contributed by atoms with van der Waals surface area (Å²) in [6.45, 7) is 2.46. The number of aryl methyl sites for hydroxylation is 1. The molecular formula is C20H20BrN3O. The summed E-state index contributed by atoms with van der Waals surface area (Å²) in [5, 5.41) is 4.85. The molecule has 2 aromatic carbocycles. The molecule has 1 amide bonds. The predicted molar refractivity (Wildman–Crippen MR) is 106 cm³/mol. The molecule has 0 spiro atoms. The zero-order valence-electron chi connectivity index (χ0n) is 14.5. The third-order valence-corrected chi connectivity index (χ3v) is 4.89. The molecule has 4 nitrogen and oxygen atoms in total. The number of anilines is 1. The number of nitrogens with one attached hydrogen (secondary N) is 1. The van der Waals surface area contributed by atoms with Crippen molar-refractivity contribution in [1.82, 2.24) is 10.3 Å². The lowest BCUT2D eigenvalue weighted by Gasteiger charge is -2.13. The molecule has 3 rings (SSSR count). The van der Waals surface area contributed by atoms with Gasteiger partial charge in [0.15, 0.2) is 0 Å². The van der Waals surface area contributed by atoms with Gasteiger partial charge in [-0.1, -0.05) is 34.1 Å². The molecule has 0 fully saturated rings. The number of benzene rings is 2. The highest BCUT2D eigenvalue weighted by molar-refractivity contribution is 9.10.